The van der Waals surface area contributed by atoms with E-state index in [4.69, 9.17) is 0 Å². The van der Waals surface area contributed by atoms with Crippen molar-refractivity contribution in [3.05, 3.63) is 0 Å². The molecule has 4 nitrogen and oxygen atoms in total. The van der Waals surface area contributed by atoms with Crippen molar-refractivity contribution >= 4 is 5.91 Å². The molecule has 2 fully saturated rings. The number of hydrogen-bond donors (Lipinski definition) is 1. The Morgan fingerprint density at radius 1 is 1.32 bits per heavy atom. The van der Waals surface area contributed by atoms with Crippen LogP contribution in [0.25, 0.3) is 0 Å². The highest BCUT2D eigenvalue weighted by molar-refractivity contribution is 5.78. The lowest BCUT2D eigenvalue weighted by molar-refractivity contribution is -0.137. The van der Waals surface area contributed by atoms with Gasteiger partial charge in [0.15, 0.2) is 0 Å². The van der Waals surface area contributed by atoms with E-state index in [2.05, 4.69) is 29.0 Å². The summed E-state index contributed by atoms with van der Waals surface area (Å²) in [5.41, 5.74) is 0. The first-order valence-corrected chi connectivity index (χ1v) is 8.00. The van der Waals surface area contributed by atoms with Gasteiger partial charge in [-0.1, -0.05) is 13.8 Å². The molecule has 0 bridgehead atoms. The van der Waals surface area contributed by atoms with Crippen LogP contribution in [0.15, 0.2) is 0 Å². The molecular formula is C15H29N3O. The number of amides is 1. The summed E-state index contributed by atoms with van der Waals surface area (Å²) >= 11 is 0. The van der Waals surface area contributed by atoms with E-state index in [9.17, 15) is 4.79 Å². The molecule has 0 aromatic rings. The Kier molecular flexibility index (Phi) is 5.64. The van der Waals surface area contributed by atoms with Crippen LogP contribution in [0, 0.1) is 0 Å². The molecule has 0 aromatic heterocycles. The zero-order valence-corrected chi connectivity index (χ0v) is 12.5. The van der Waals surface area contributed by atoms with E-state index in [0.29, 0.717) is 24.5 Å². The van der Waals surface area contributed by atoms with Crippen molar-refractivity contribution in [3.8, 4) is 0 Å². The smallest absolute Gasteiger partial charge is 0.237 e. The minimum absolute atomic E-state index is 0.354. The van der Waals surface area contributed by atoms with E-state index in [1.807, 2.05) is 0 Å². The zero-order valence-electron chi connectivity index (χ0n) is 12.5. The van der Waals surface area contributed by atoms with Gasteiger partial charge in [0.2, 0.25) is 5.91 Å². The second-order valence-electron chi connectivity index (χ2n) is 5.93. The van der Waals surface area contributed by atoms with Gasteiger partial charge in [-0.2, -0.15) is 0 Å². The van der Waals surface area contributed by atoms with E-state index >= 15 is 0 Å². The Morgan fingerprint density at radius 2 is 2.11 bits per heavy atom. The average molecular weight is 267 g/mol. The van der Waals surface area contributed by atoms with E-state index in [-0.39, 0.29) is 0 Å². The monoisotopic (exact) mass is 267 g/mol. The van der Waals surface area contributed by atoms with E-state index in [1.165, 1.54) is 19.3 Å². The molecule has 2 heterocycles. The summed E-state index contributed by atoms with van der Waals surface area (Å²) in [6, 6.07) is 1.07. The molecule has 0 aromatic carbocycles. The standard InChI is InChI=1S/C15H29N3O/c1-3-8-17(14-10-16-11-14)12-15(19)18-9-6-5-7-13(18)4-2/h13-14,16H,3-12H2,1-2H3. The SMILES string of the molecule is CCCN(CC(=O)N1CCCCC1CC)C1CNC1. The predicted octanol–water partition coefficient (Wildman–Crippen LogP) is 1.46. The first kappa shape index (κ1) is 14.8. The molecule has 2 rings (SSSR count). The van der Waals surface area contributed by atoms with Gasteiger partial charge in [-0.05, 0) is 38.6 Å². The van der Waals surface area contributed by atoms with Crippen LogP contribution in [0.5, 0.6) is 0 Å². The number of piperidine rings is 1. The van der Waals surface area contributed by atoms with Crippen LogP contribution in [0.1, 0.15) is 46.0 Å². The third-order valence-electron chi connectivity index (χ3n) is 4.54. The molecule has 19 heavy (non-hydrogen) atoms. The topological polar surface area (TPSA) is 35.6 Å². The van der Waals surface area contributed by atoms with Crippen molar-refractivity contribution in [2.45, 2.75) is 58.0 Å². The van der Waals surface area contributed by atoms with E-state index in [0.717, 1.165) is 39.0 Å². The van der Waals surface area contributed by atoms with Crippen LogP contribution in [0.3, 0.4) is 0 Å². The van der Waals surface area contributed by atoms with Crippen LogP contribution in [0.2, 0.25) is 0 Å². The number of nitrogens with one attached hydrogen (secondary N) is 1. The summed E-state index contributed by atoms with van der Waals surface area (Å²) < 4.78 is 0. The maximum absolute atomic E-state index is 12.6. The first-order valence-electron chi connectivity index (χ1n) is 8.00. The number of nitrogens with zero attached hydrogens (tertiary/aromatic N) is 2. The van der Waals surface area contributed by atoms with Crippen molar-refractivity contribution in [1.82, 2.24) is 15.1 Å². The largest absolute Gasteiger partial charge is 0.339 e. The highest BCUT2D eigenvalue weighted by Gasteiger charge is 2.30. The van der Waals surface area contributed by atoms with E-state index in [1.54, 1.807) is 0 Å². The Hall–Kier alpha value is -0.610. The summed E-state index contributed by atoms with van der Waals surface area (Å²) in [6.07, 6.45) is 5.89. The molecule has 0 radical (unpaired) electrons. The number of hydrogen-bond acceptors (Lipinski definition) is 3. The fourth-order valence-electron chi connectivity index (χ4n) is 3.23. The Bertz CT molecular complexity index is 291. The molecule has 2 saturated heterocycles. The van der Waals surface area contributed by atoms with Crippen molar-refractivity contribution in [1.29, 1.82) is 0 Å². The van der Waals surface area contributed by atoms with Crippen molar-refractivity contribution in [2.75, 3.05) is 32.7 Å². The maximum Gasteiger partial charge on any atom is 0.237 e. The van der Waals surface area contributed by atoms with Crippen LogP contribution in [0.4, 0.5) is 0 Å². The van der Waals surface area contributed by atoms with Gasteiger partial charge in [-0.25, -0.2) is 0 Å². The summed E-state index contributed by atoms with van der Waals surface area (Å²) in [7, 11) is 0. The van der Waals surface area contributed by atoms with Gasteiger partial charge in [0.1, 0.15) is 0 Å². The van der Waals surface area contributed by atoms with Gasteiger partial charge in [0, 0.05) is 31.7 Å². The van der Waals surface area contributed by atoms with Crippen LogP contribution >= 0.6 is 0 Å². The quantitative estimate of drug-likeness (QED) is 0.791. The molecule has 1 unspecified atom stereocenters. The van der Waals surface area contributed by atoms with Crippen molar-refractivity contribution < 1.29 is 4.79 Å². The van der Waals surface area contributed by atoms with Gasteiger partial charge in [0.05, 0.1) is 6.54 Å². The van der Waals surface area contributed by atoms with Crippen molar-refractivity contribution in [3.63, 3.8) is 0 Å². The lowest BCUT2D eigenvalue weighted by Gasteiger charge is -2.41. The van der Waals surface area contributed by atoms with E-state index < -0.39 is 0 Å². The van der Waals surface area contributed by atoms with Gasteiger partial charge < -0.3 is 10.2 Å². The molecule has 2 aliphatic heterocycles. The van der Waals surface area contributed by atoms with Crippen molar-refractivity contribution in [2.24, 2.45) is 0 Å². The highest BCUT2D eigenvalue weighted by Crippen LogP contribution is 2.20. The molecule has 0 saturated carbocycles. The molecule has 110 valence electrons. The third-order valence-corrected chi connectivity index (χ3v) is 4.54. The van der Waals surface area contributed by atoms with Gasteiger partial charge in [-0.15, -0.1) is 0 Å². The Morgan fingerprint density at radius 3 is 2.68 bits per heavy atom. The number of likely N-dealkylation sites (tertiary alicyclic amines) is 1. The van der Waals surface area contributed by atoms with Crippen LogP contribution in [-0.2, 0) is 4.79 Å². The molecule has 4 heteroatoms. The molecule has 1 amide bonds. The Labute approximate surface area is 117 Å². The second-order valence-corrected chi connectivity index (χ2v) is 5.93. The summed E-state index contributed by atoms with van der Waals surface area (Å²) in [6.45, 7) is 9.13. The fourth-order valence-corrected chi connectivity index (χ4v) is 3.23. The predicted molar refractivity (Wildman–Crippen MR) is 78.2 cm³/mol. The minimum Gasteiger partial charge on any atom is -0.339 e. The maximum atomic E-state index is 12.6. The normalized spacial score (nSPS) is 24.6. The molecule has 1 atom stereocenters. The molecule has 2 aliphatic rings. The summed E-state index contributed by atoms with van der Waals surface area (Å²) in [5, 5.41) is 3.31. The first-order chi connectivity index (χ1) is 9.26. The number of rotatable bonds is 6. The second kappa shape index (κ2) is 7.25. The number of carbonyl (C=O) groups is 1. The zero-order chi connectivity index (χ0) is 13.7. The molecular weight excluding hydrogens is 238 g/mol. The van der Waals surface area contributed by atoms with Crippen LogP contribution in [-0.4, -0.2) is 60.5 Å². The highest BCUT2D eigenvalue weighted by atomic mass is 16.2. The Balaban J connectivity index is 1.89. The molecule has 1 N–H and O–H groups in total. The van der Waals surface area contributed by atoms with Gasteiger partial charge in [-0.3, -0.25) is 9.69 Å². The molecule has 0 aliphatic carbocycles. The van der Waals surface area contributed by atoms with Gasteiger partial charge >= 0.3 is 0 Å². The summed E-state index contributed by atoms with van der Waals surface area (Å²) in [5.74, 6) is 0.354. The van der Waals surface area contributed by atoms with Gasteiger partial charge in [0.25, 0.3) is 0 Å². The lowest BCUT2D eigenvalue weighted by atomic mass is 10.00. The minimum atomic E-state index is 0.354. The third kappa shape index (κ3) is 3.69. The lowest BCUT2D eigenvalue weighted by Crippen LogP contribution is -2.59. The summed E-state index contributed by atoms with van der Waals surface area (Å²) in [4.78, 5) is 17.1. The molecule has 0 spiro atoms. The average Bonchev–Trinajstić information content (AvgIpc) is 2.37. The fraction of sp³-hybridized carbons (Fsp3) is 0.933. The van der Waals surface area contributed by atoms with Crippen LogP contribution < -0.4 is 5.32 Å². The number of carbonyl (C=O) groups excluding carboxylic acids is 1.